The number of benzene rings is 2. The van der Waals surface area contributed by atoms with Crippen molar-refractivity contribution >= 4 is 38.8 Å². The number of rotatable bonds is 3. The molecule has 3 aromatic heterocycles. The number of aromatic amines is 1. The lowest BCUT2D eigenvalue weighted by Gasteiger charge is -2.08. The first kappa shape index (κ1) is 14.7. The molecule has 0 radical (unpaired) electrons. The molecule has 5 rings (SSSR count). The molecular weight excluding hydrogens is 328 g/mol. The summed E-state index contributed by atoms with van der Waals surface area (Å²) in [5.41, 5.74) is 3.74. The lowest BCUT2D eigenvalue weighted by atomic mass is 10.1. The number of hydrogen-bond acceptors (Lipinski definition) is 5. The Morgan fingerprint density at radius 1 is 1.00 bits per heavy atom. The molecule has 2 aromatic carbocycles. The molecule has 0 unspecified atom stereocenters. The van der Waals surface area contributed by atoms with Gasteiger partial charge in [-0.2, -0.15) is 0 Å². The zero-order chi connectivity index (χ0) is 17.5. The maximum atomic E-state index is 11.9. The second-order valence-corrected chi connectivity index (χ2v) is 6.06. The fraction of sp³-hybridized carbons (Fsp3) is 0.0500. The third-order valence-electron chi connectivity index (χ3n) is 4.44. The largest absolute Gasteiger partial charge is 0.450 e. The first-order chi connectivity index (χ1) is 12.8. The first-order valence-corrected chi connectivity index (χ1v) is 8.27. The van der Waals surface area contributed by atoms with E-state index in [1.165, 1.54) is 6.33 Å². The van der Waals surface area contributed by atoms with E-state index in [9.17, 15) is 4.79 Å². The van der Waals surface area contributed by atoms with Crippen molar-refractivity contribution in [3.8, 4) is 0 Å². The van der Waals surface area contributed by atoms with Crippen molar-refractivity contribution in [1.29, 1.82) is 0 Å². The van der Waals surface area contributed by atoms with Gasteiger partial charge < -0.3 is 14.7 Å². The van der Waals surface area contributed by atoms with Gasteiger partial charge in [0.1, 0.15) is 17.4 Å². The molecule has 6 nitrogen and oxygen atoms in total. The molecule has 0 bridgehead atoms. The van der Waals surface area contributed by atoms with Gasteiger partial charge in [0.05, 0.1) is 0 Å². The van der Waals surface area contributed by atoms with Crippen molar-refractivity contribution in [2.75, 3.05) is 5.32 Å². The van der Waals surface area contributed by atoms with E-state index in [0.717, 1.165) is 33.0 Å². The molecule has 0 spiro atoms. The number of nitrogens with one attached hydrogen (secondary N) is 2. The van der Waals surface area contributed by atoms with Gasteiger partial charge in [0, 0.05) is 28.9 Å². The lowest BCUT2D eigenvalue weighted by Crippen LogP contribution is -2.10. The second kappa shape index (κ2) is 5.70. The van der Waals surface area contributed by atoms with Crippen molar-refractivity contribution in [3.63, 3.8) is 0 Å². The van der Waals surface area contributed by atoms with Gasteiger partial charge in [-0.25, -0.2) is 9.97 Å². The molecule has 26 heavy (non-hydrogen) atoms. The molecule has 0 amide bonds. The third-order valence-corrected chi connectivity index (χ3v) is 4.44. The highest BCUT2D eigenvalue weighted by Gasteiger charge is 2.13. The monoisotopic (exact) mass is 342 g/mol. The van der Waals surface area contributed by atoms with E-state index < -0.39 is 0 Å². The smallest absolute Gasteiger partial charge is 0.248 e. The van der Waals surface area contributed by atoms with Crippen LogP contribution in [0.2, 0.25) is 0 Å². The van der Waals surface area contributed by atoms with Crippen molar-refractivity contribution in [2.45, 2.75) is 6.54 Å². The van der Waals surface area contributed by atoms with Crippen LogP contribution in [0.3, 0.4) is 0 Å². The number of nitrogens with zero attached hydrogens (tertiary/aromatic N) is 2. The Balaban J connectivity index is 1.58. The van der Waals surface area contributed by atoms with Gasteiger partial charge in [0.15, 0.2) is 11.4 Å². The van der Waals surface area contributed by atoms with Crippen LogP contribution in [-0.4, -0.2) is 15.0 Å². The Bertz CT molecular complexity index is 1320. The number of furan rings is 1. The second-order valence-electron chi connectivity index (χ2n) is 6.06. The average Bonchev–Trinajstić information content (AvgIpc) is 3.05. The normalized spacial score (nSPS) is 11.4. The molecule has 0 aliphatic rings. The maximum absolute atomic E-state index is 11.9. The van der Waals surface area contributed by atoms with Gasteiger partial charge in [-0.1, -0.05) is 30.3 Å². The summed E-state index contributed by atoms with van der Waals surface area (Å²) in [6.07, 6.45) is 1.52. The van der Waals surface area contributed by atoms with Crippen molar-refractivity contribution in [3.05, 3.63) is 76.8 Å². The number of para-hydroxylation sites is 2. The number of fused-ring (bicyclic) bond motifs is 4. The molecular formula is C20H14N4O2. The molecule has 0 saturated carbocycles. The topological polar surface area (TPSA) is 83.8 Å². The van der Waals surface area contributed by atoms with Crippen LogP contribution >= 0.6 is 0 Å². The molecule has 5 aromatic rings. The van der Waals surface area contributed by atoms with Gasteiger partial charge in [0.2, 0.25) is 5.56 Å². The maximum Gasteiger partial charge on any atom is 0.248 e. The third kappa shape index (κ3) is 2.31. The molecule has 2 N–H and O–H groups in total. The van der Waals surface area contributed by atoms with Crippen LogP contribution in [0.5, 0.6) is 0 Å². The number of H-pyrrole nitrogens is 1. The number of pyridine rings is 1. The summed E-state index contributed by atoms with van der Waals surface area (Å²) < 4.78 is 5.93. The SMILES string of the molecule is O=c1cc(CNc2ncnc3c2oc2ccccc23)c2ccccc2[nH]1. The van der Waals surface area contributed by atoms with Gasteiger partial charge in [-0.15, -0.1) is 0 Å². The molecule has 3 heterocycles. The van der Waals surface area contributed by atoms with Crippen molar-refractivity contribution in [2.24, 2.45) is 0 Å². The van der Waals surface area contributed by atoms with Crippen LogP contribution in [0.4, 0.5) is 5.82 Å². The molecule has 0 aliphatic heterocycles. The van der Waals surface area contributed by atoms with Gasteiger partial charge in [-0.3, -0.25) is 4.79 Å². The van der Waals surface area contributed by atoms with Crippen LogP contribution in [0, 0.1) is 0 Å². The Labute approximate surface area is 147 Å². The quantitative estimate of drug-likeness (QED) is 0.520. The standard InChI is InChI=1S/C20H14N4O2/c25-17-9-12(13-5-1-3-7-15(13)24-17)10-21-20-19-18(22-11-23-20)14-6-2-4-8-16(14)26-19/h1-9,11H,10H2,(H,24,25)(H,21,22,23). The summed E-state index contributed by atoms with van der Waals surface area (Å²) in [5, 5.41) is 5.23. The zero-order valence-corrected chi connectivity index (χ0v) is 13.7. The lowest BCUT2D eigenvalue weighted by molar-refractivity contribution is 0.666. The number of hydrogen-bond donors (Lipinski definition) is 2. The fourth-order valence-electron chi connectivity index (χ4n) is 3.25. The molecule has 0 atom stereocenters. The van der Waals surface area contributed by atoms with Gasteiger partial charge in [-0.05, 0) is 23.8 Å². The van der Waals surface area contributed by atoms with E-state index in [1.54, 1.807) is 6.07 Å². The minimum Gasteiger partial charge on any atom is -0.450 e. The first-order valence-electron chi connectivity index (χ1n) is 8.27. The Hall–Kier alpha value is -3.67. The summed E-state index contributed by atoms with van der Waals surface area (Å²) in [6.45, 7) is 0.452. The van der Waals surface area contributed by atoms with E-state index >= 15 is 0 Å². The molecule has 0 fully saturated rings. The highest BCUT2D eigenvalue weighted by molar-refractivity contribution is 6.05. The molecule has 0 saturated heterocycles. The number of aromatic nitrogens is 3. The zero-order valence-electron chi connectivity index (χ0n) is 13.7. The van der Waals surface area contributed by atoms with Crippen LogP contribution < -0.4 is 10.9 Å². The van der Waals surface area contributed by atoms with Crippen LogP contribution in [0.15, 0.2) is 70.1 Å². The average molecular weight is 342 g/mol. The summed E-state index contributed by atoms with van der Waals surface area (Å²) in [6, 6.07) is 17.1. The summed E-state index contributed by atoms with van der Waals surface area (Å²) in [7, 11) is 0. The van der Waals surface area contributed by atoms with Crippen molar-refractivity contribution in [1.82, 2.24) is 15.0 Å². The van der Waals surface area contributed by atoms with E-state index in [1.807, 2.05) is 48.5 Å². The fourth-order valence-corrected chi connectivity index (χ4v) is 3.25. The van der Waals surface area contributed by atoms with Crippen LogP contribution in [-0.2, 0) is 6.54 Å². The molecule has 0 aliphatic carbocycles. The summed E-state index contributed by atoms with van der Waals surface area (Å²) >= 11 is 0. The minimum atomic E-state index is -0.128. The highest BCUT2D eigenvalue weighted by atomic mass is 16.3. The van der Waals surface area contributed by atoms with Gasteiger partial charge in [0.25, 0.3) is 0 Å². The van der Waals surface area contributed by atoms with E-state index in [0.29, 0.717) is 17.9 Å². The Kier molecular flexibility index (Phi) is 3.21. The predicted molar refractivity (Wildman–Crippen MR) is 101 cm³/mol. The molecule has 126 valence electrons. The Morgan fingerprint density at radius 3 is 2.73 bits per heavy atom. The van der Waals surface area contributed by atoms with E-state index in [4.69, 9.17) is 4.42 Å². The summed E-state index contributed by atoms with van der Waals surface area (Å²) in [5.74, 6) is 0.607. The highest BCUT2D eigenvalue weighted by Crippen LogP contribution is 2.30. The predicted octanol–water partition coefficient (Wildman–Crippen LogP) is 3.83. The molecule has 6 heteroatoms. The number of anilines is 1. The van der Waals surface area contributed by atoms with Crippen LogP contribution in [0.25, 0.3) is 33.0 Å². The van der Waals surface area contributed by atoms with Crippen molar-refractivity contribution < 1.29 is 4.42 Å². The van der Waals surface area contributed by atoms with Crippen LogP contribution in [0.1, 0.15) is 5.56 Å². The Morgan fingerprint density at radius 2 is 1.81 bits per heavy atom. The minimum absolute atomic E-state index is 0.128. The summed E-state index contributed by atoms with van der Waals surface area (Å²) in [4.78, 5) is 23.4. The van der Waals surface area contributed by atoms with Gasteiger partial charge >= 0.3 is 0 Å². The van der Waals surface area contributed by atoms with E-state index in [2.05, 4.69) is 20.3 Å². The van der Waals surface area contributed by atoms with E-state index in [-0.39, 0.29) is 5.56 Å².